The molecule has 4 aromatic rings. The molecule has 2 heterocycles. The van der Waals surface area contributed by atoms with Crippen molar-refractivity contribution >= 4 is 49.8 Å². The monoisotopic (exact) mass is 512 g/mol. The molecule has 0 aliphatic heterocycles. The summed E-state index contributed by atoms with van der Waals surface area (Å²) in [5.74, 6) is 0.240. The van der Waals surface area contributed by atoms with Gasteiger partial charge in [0.25, 0.3) is 10.0 Å². The molecule has 2 aromatic carbocycles. The van der Waals surface area contributed by atoms with Crippen LogP contribution in [-0.2, 0) is 10.0 Å². The third-order valence-corrected chi connectivity index (χ3v) is 6.17. The predicted molar refractivity (Wildman–Crippen MR) is 129 cm³/mol. The molecule has 4 rings (SSSR count). The van der Waals surface area contributed by atoms with Gasteiger partial charge in [0, 0.05) is 23.0 Å². The number of aromatic nitrogens is 3. The van der Waals surface area contributed by atoms with E-state index in [0.717, 1.165) is 0 Å². The quantitative estimate of drug-likeness (QED) is 0.330. The average Bonchev–Trinajstić information content (AvgIpc) is 3.27. The van der Waals surface area contributed by atoms with E-state index in [1.165, 1.54) is 50.8 Å². The molecule has 0 unspecified atom stereocenters. The van der Waals surface area contributed by atoms with Crippen LogP contribution in [-0.4, -0.2) is 37.6 Å². The summed E-state index contributed by atoms with van der Waals surface area (Å²) in [5, 5.41) is 12.9. The number of anilines is 2. The first kappa shape index (κ1) is 23.8. The Morgan fingerprint density at radius 1 is 1.09 bits per heavy atom. The summed E-state index contributed by atoms with van der Waals surface area (Å²) in [7, 11) is -1.22. The first-order valence-corrected chi connectivity index (χ1v) is 11.7. The van der Waals surface area contributed by atoms with Crippen LogP contribution < -0.4 is 19.5 Å². The van der Waals surface area contributed by atoms with E-state index in [1.807, 2.05) is 6.07 Å². The van der Waals surface area contributed by atoms with Crippen molar-refractivity contribution in [2.45, 2.75) is 4.90 Å². The minimum Gasteiger partial charge on any atom is -0.481 e. The minimum absolute atomic E-state index is 0.0140. The molecular formula is C22H17ClN6O5S. The fourth-order valence-electron chi connectivity index (χ4n) is 2.89. The number of allylic oxidation sites excluding steroid dienone is 1. The standard InChI is InChI=1S/C22H17ClN6O5S/c1-32-20-10-19(27-22(28-20)33-2)29-35(30,31)16-6-4-15(5-7-16)25-12-13(11-24)21-26-17-9-14(23)3-8-18(17)34-21/h3-10,12,25H,1-2H3,(H,27,28,29). The van der Waals surface area contributed by atoms with Gasteiger partial charge in [0.2, 0.25) is 11.8 Å². The van der Waals surface area contributed by atoms with Gasteiger partial charge in [-0.15, -0.1) is 0 Å². The Balaban J connectivity index is 1.51. The lowest BCUT2D eigenvalue weighted by Crippen LogP contribution is -2.14. The zero-order valence-corrected chi connectivity index (χ0v) is 19.9. The Morgan fingerprint density at radius 3 is 2.54 bits per heavy atom. The van der Waals surface area contributed by atoms with Crippen molar-refractivity contribution in [3.63, 3.8) is 0 Å². The largest absolute Gasteiger partial charge is 0.481 e. The Hall–Kier alpha value is -4.34. The number of nitrogens with zero attached hydrogens (tertiary/aromatic N) is 4. The highest BCUT2D eigenvalue weighted by atomic mass is 35.5. The highest BCUT2D eigenvalue weighted by molar-refractivity contribution is 7.92. The smallest absolute Gasteiger partial charge is 0.321 e. The predicted octanol–water partition coefficient (Wildman–Crippen LogP) is 4.07. The van der Waals surface area contributed by atoms with E-state index in [9.17, 15) is 13.7 Å². The number of nitrogens with one attached hydrogen (secondary N) is 2. The van der Waals surface area contributed by atoms with Crippen LogP contribution in [0.25, 0.3) is 16.7 Å². The van der Waals surface area contributed by atoms with Crippen LogP contribution in [0, 0.1) is 11.3 Å². The molecule has 0 bridgehead atoms. The van der Waals surface area contributed by atoms with Crippen LogP contribution in [0.5, 0.6) is 11.9 Å². The number of nitriles is 1. The Labute approximate surface area is 205 Å². The summed E-state index contributed by atoms with van der Waals surface area (Å²) in [6.07, 6.45) is 1.41. The zero-order chi connectivity index (χ0) is 25.0. The number of fused-ring (bicyclic) bond motifs is 1. The summed E-state index contributed by atoms with van der Waals surface area (Å²) in [4.78, 5) is 12.1. The van der Waals surface area contributed by atoms with Crippen molar-refractivity contribution < 1.29 is 22.3 Å². The second kappa shape index (κ2) is 9.88. The number of hydrogen-bond donors (Lipinski definition) is 2. The van der Waals surface area contributed by atoms with E-state index < -0.39 is 10.0 Å². The van der Waals surface area contributed by atoms with Crippen LogP contribution >= 0.6 is 11.6 Å². The van der Waals surface area contributed by atoms with E-state index in [-0.39, 0.29) is 34.1 Å². The molecule has 0 atom stereocenters. The molecule has 11 nitrogen and oxygen atoms in total. The molecule has 0 fully saturated rings. The third-order valence-electron chi connectivity index (χ3n) is 4.56. The summed E-state index contributed by atoms with van der Waals surface area (Å²) < 4.78 is 43.5. The van der Waals surface area contributed by atoms with Crippen molar-refractivity contribution in [1.29, 1.82) is 5.26 Å². The number of halogens is 1. The van der Waals surface area contributed by atoms with E-state index >= 15 is 0 Å². The van der Waals surface area contributed by atoms with E-state index in [0.29, 0.717) is 21.8 Å². The molecule has 2 aromatic heterocycles. The van der Waals surface area contributed by atoms with Gasteiger partial charge in [0.15, 0.2) is 11.4 Å². The van der Waals surface area contributed by atoms with Crippen molar-refractivity contribution in [1.82, 2.24) is 15.0 Å². The van der Waals surface area contributed by atoms with Crippen LogP contribution in [0.4, 0.5) is 11.5 Å². The van der Waals surface area contributed by atoms with E-state index in [2.05, 4.69) is 25.0 Å². The van der Waals surface area contributed by atoms with Gasteiger partial charge in [-0.1, -0.05) is 11.6 Å². The Bertz CT molecular complexity index is 1540. The fourth-order valence-corrected chi connectivity index (χ4v) is 4.05. The first-order chi connectivity index (χ1) is 16.8. The summed E-state index contributed by atoms with van der Waals surface area (Å²) in [6.45, 7) is 0. The van der Waals surface area contributed by atoms with Crippen molar-refractivity contribution in [3.8, 4) is 18.0 Å². The Morgan fingerprint density at radius 2 is 1.86 bits per heavy atom. The molecule has 0 aliphatic rings. The van der Waals surface area contributed by atoms with Crippen molar-refractivity contribution in [2.75, 3.05) is 24.3 Å². The van der Waals surface area contributed by atoms with E-state index in [1.54, 1.807) is 18.2 Å². The summed E-state index contributed by atoms with van der Waals surface area (Å²) in [5.41, 5.74) is 1.68. The van der Waals surface area contributed by atoms with Crippen LogP contribution in [0.1, 0.15) is 5.89 Å². The van der Waals surface area contributed by atoms with Gasteiger partial charge in [-0.2, -0.15) is 15.2 Å². The number of benzene rings is 2. The molecule has 35 heavy (non-hydrogen) atoms. The molecule has 0 saturated carbocycles. The van der Waals surface area contributed by atoms with Gasteiger partial charge in [-0.25, -0.2) is 13.4 Å². The lowest BCUT2D eigenvalue weighted by Gasteiger charge is -2.10. The van der Waals surface area contributed by atoms with Gasteiger partial charge in [0.1, 0.15) is 17.2 Å². The van der Waals surface area contributed by atoms with Gasteiger partial charge in [-0.05, 0) is 42.5 Å². The van der Waals surface area contributed by atoms with Crippen LogP contribution in [0.2, 0.25) is 5.02 Å². The second-order valence-electron chi connectivity index (χ2n) is 6.86. The lowest BCUT2D eigenvalue weighted by molar-refractivity contribution is 0.353. The molecule has 178 valence electrons. The average molecular weight is 513 g/mol. The highest BCUT2D eigenvalue weighted by Crippen LogP contribution is 2.25. The van der Waals surface area contributed by atoms with Crippen LogP contribution in [0.15, 0.2) is 64.0 Å². The molecule has 0 spiro atoms. The molecule has 2 N–H and O–H groups in total. The van der Waals surface area contributed by atoms with Crippen molar-refractivity contribution in [3.05, 3.63) is 65.6 Å². The molecule has 0 saturated heterocycles. The third kappa shape index (κ3) is 5.43. The summed E-state index contributed by atoms with van der Waals surface area (Å²) >= 11 is 5.96. The number of sulfonamides is 1. The molecule has 0 radical (unpaired) electrons. The van der Waals surface area contributed by atoms with Crippen LogP contribution in [0.3, 0.4) is 0 Å². The summed E-state index contributed by atoms with van der Waals surface area (Å²) in [6, 6.07) is 14.1. The topological polar surface area (TPSA) is 152 Å². The minimum atomic E-state index is -3.96. The maximum Gasteiger partial charge on any atom is 0.321 e. The SMILES string of the molecule is COc1cc(NS(=O)(=O)c2ccc(NC=C(C#N)c3nc4cc(Cl)ccc4o3)cc2)nc(OC)n1. The fraction of sp³-hybridized carbons (Fsp3) is 0.0909. The molecule has 0 aliphatic carbocycles. The van der Waals surface area contributed by atoms with E-state index in [4.69, 9.17) is 25.5 Å². The maximum absolute atomic E-state index is 12.8. The van der Waals surface area contributed by atoms with Gasteiger partial charge >= 0.3 is 6.01 Å². The van der Waals surface area contributed by atoms with Gasteiger partial charge < -0.3 is 19.2 Å². The van der Waals surface area contributed by atoms with Gasteiger partial charge in [-0.3, -0.25) is 4.72 Å². The number of ether oxygens (including phenoxy) is 2. The number of oxazole rings is 1. The molecule has 13 heteroatoms. The maximum atomic E-state index is 12.8. The van der Waals surface area contributed by atoms with Gasteiger partial charge in [0.05, 0.1) is 19.1 Å². The second-order valence-corrected chi connectivity index (χ2v) is 8.98. The normalized spacial score (nSPS) is 11.7. The molecule has 0 amide bonds. The number of rotatable bonds is 8. The Kier molecular flexibility index (Phi) is 6.72. The molecular weight excluding hydrogens is 496 g/mol. The zero-order valence-electron chi connectivity index (χ0n) is 18.3. The van der Waals surface area contributed by atoms with Crippen molar-refractivity contribution in [2.24, 2.45) is 0 Å². The lowest BCUT2D eigenvalue weighted by atomic mass is 10.3. The first-order valence-electron chi connectivity index (χ1n) is 9.84. The number of methoxy groups -OCH3 is 2. The number of hydrogen-bond acceptors (Lipinski definition) is 10. The highest BCUT2D eigenvalue weighted by Gasteiger charge is 2.17.